The fourth-order valence-electron chi connectivity index (χ4n) is 0.924. The summed E-state index contributed by atoms with van der Waals surface area (Å²) >= 11 is 5.06. The molecular formula is C10H13NOS. The molecule has 0 aliphatic heterocycles. The molecule has 1 aromatic carbocycles. The van der Waals surface area contributed by atoms with E-state index in [1.807, 2.05) is 31.2 Å². The van der Waals surface area contributed by atoms with Crippen LogP contribution in [0.2, 0.25) is 0 Å². The van der Waals surface area contributed by atoms with Crippen molar-refractivity contribution in [2.75, 3.05) is 12.4 Å². The molecule has 0 heterocycles. The second-order valence-corrected chi connectivity index (χ2v) is 3.12. The van der Waals surface area contributed by atoms with E-state index in [0.717, 1.165) is 22.8 Å². The average Bonchev–Trinajstić information content (AvgIpc) is 2.19. The maximum Gasteiger partial charge on any atom is 0.119 e. The quantitative estimate of drug-likeness (QED) is 0.749. The average molecular weight is 195 g/mol. The first-order chi connectivity index (χ1) is 6.26. The van der Waals surface area contributed by atoms with E-state index in [2.05, 4.69) is 5.32 Å². The van der Waals surface area contributed by atoms with Gasteiger partial charge in [-0.1, -0.05) is 19.1 Å². The minimum atomic E-state index is 0.852. The molecule has 0 unspecified atom stereocenters. The number of thiocarbonyl (C=S) groups is 1. The van der Waals surface area contributed by atoms with Crippen LogP contribution in [0.4, 0.5) is 5.69 Å². The maximum absolute atomic E-state index is 5.06. The summed E-state index contributed by atoms with van der Waals surface area (Å²) in [6.07, 6.45) is 0.862. The molecule has 0 amide bonds. The lowest BCUT2D eigenvalue weighted by Crippen LogP contribution is -2.06. The SMILES string of the molecule is CCC(=S)Nc1ccc(OC)cc1. The van der Waals surface area contributed by atoms with Crippen molar-refractivity contribution in [1.29, 1.82) is 0 Å². The molecule has 0 saturated carbocycles. The van der Waals surface area contributed by atoms with E-state index in [-0.39, 0.29) is 0 Å². The van der Waals surface area contributed by atoms with Crippen LogP contribution in [0, 0.1) is 0 Å². The van der Waals surface area contributed by atoms with Crippen LogP contribution in [-0.4, -0.2) is 12.1 Å². The van der Waals surface area contributed by atoms with Crippen LogP contribution < -0.4 is 10.1 Å². The van der Waals surface area contributed by atoms with Gasteiger partial charge in [-0.25, -0.2) is 0 Å². The lowest BCUT2D eigenvalue weighted by atomic mass is 10.3. The van der Waals surface area contributed by atoms with Crippen molar-refractivity contribution in [2.24, 2.45) is 0 Å². The molecule has 0 saturated heterocycles. The largest absolute Gasteiger partial charge is 0.497 e. The van der Waals surface area contributed by atoms with Crippen molar-refractivity contribution in [3.05, 3.63) is 24.3 Å². The van der Waals surface area contributed by atoms with Crippen molar-refractivity contribution in [1.82, 2.24) is 0 Å². The highest BCUT2D eigenvalue weighted by atomic mass is 32.1. The Bertz CT molecular complexity index is 281. The summed E-state index contributed by atoms with van der Waals surface area (Å²) in [6.45, 7) is 2.03. The van der Waals surface area contributed by atoms with Crippen LogP contribution in [0.5, 0.6) is 5.75 Å². The molecule has 1 N–H and O–H groups in total. The number of anilines is 1. The van der Waals surface area contributed by atoms with Gasteiger partial charge in [-0.2, -0.15) is 0 Å². The predicted octanol–water partition coefficient (Wildman–Crippen LogP) is 2.84. The Balaban J connectivity index is 2.64. The molecule has 2 nitrogen and oxygen atoms in total. The maximum atomic E-state index is 5.06. The zero-order valence-corrected chi connectivity index (χ0v) is 8.65. The summed E-state index contributed by atoms with van der Waals surface area (Å²) < 4.78 is 5.04. The van der Waals surface area contributed by atoms with E-state index in [4.69, 9.17) is 17.0 Å². The van der Waals surface area contributed by atoms with Crippen molar-refractivity contribution in [2.45, 2.75) is 13.3 Å². The first kappa shape index (κ1) is 9.99. The molecule has 1 rings (SSSR count). The van der Waals surface area contributed by atoms with Crippen molar-refractivity contribution >= 4 is 22.9 Å². The third-order valence-corrected chi connectivity index (χ3v) is 2.09. The number of hydrogen-bond donors (Lipinski definition) is 1. The van der Waals surface area contributed by atoms with Crippen LogP contribution >= 0.6 is 12.2 Å². The Morgan fingerprint density at radius 2 is 2.00 bits per heavy atom. The Morgan fingerprint density at radius 3 is 2.46 bits per heavy atom. The molecule has 1 aromatic rings. The van der Waals surface area contributed by atoms with Gasteiger partial charge in [0.05, 0.1) is 12.1 Å². The summed E-state index contributed by atoms with van der Waals surface area (Å²) in [6, 6.07) is 7.70. The molecule has 0 spiro atoms. The lowest BCUT2D eigenvalue weighted by molar-refractivity contribution is 0.415. The third kappa shape index (κ3) is 3.03. The fraction of sp³-hybridized carbons (Fsp3) is 0.300. The smallest absolute Gasteiger partial charge is 0.119 e. The van der Waals surface area contributed by atoms with Gasteiger partial charge in [-0.3, -0.25) is 0 Å². The van der Waals surface area contributed by atoms with Gasteiger partial charge >= 0.3 is 0 Å². The molecule has 3 heteroatoms. The Hall–Kier alpha value is -1.09. The van der Waals surface area contributed by atoms with Crippen molar-refractivity contribution < 1.29 is 4.74 Å². The number of benzene rings is 1. The molecular weight excluding hydrogens is 182 g/mol. The monoisotopic (exact) mass is 195 g/mol. The van der Waals surface area contributed by atoms with Gasteiger partial charge in [0.15, 0.2) is 0 Å². The number of rotatable bonds is 3. The van der Waals surface area contributed by atoms with E-state index in [1.54, 1.807) is 7.11 Å². The van der Waals surface area contributed by atoms with Crippen LogP contribution in [0.3, 0.4) is 0 Å². The number of methoxy groups -OCH3 is 1. The first-order valence-corrected chi connectivity index (χ1v) is 4.61. The van der Waals surface area contributed by atoms with Crippen LogP contribution in [-0.2, 0) is 0 Å². The van der Waals surface area contributed by atoms with Crippen LogP contribution in [0.15, 0.2) is 24.3 Å². The van der Waals surface area contributed by atoms with E-state index >= 15 is 0 Å². The van der Waals surface area contributed by atoms with Gasteiger partial charge in [-0.05, 0) is 30.7 Å². The highest BCUT2D eigenvalue weighted by Gasteiger charge is 1.95. The summed E-state index contributed by atoms with van der Waals surface area (Å²) in [5.74, 6) is 0.855. The zero-order valence-electron chi connectivity index (χ0n) is 7.83. The normalized spacial score (nSPS) is 9.38. The molecule has 13 heavy (non-hydrogen) atoms. The minimum Gasteiger partial charge on any atom is -0.497 e. The zero-order chi connectivity index (χ0) is 9.68. The van der Waals surface area contributed by atoms with Crippen LogP contribution in [0.25, 0.3) is 0 Å². The summed E-state index contributed by atoms with van der Waals surface area (Å²) in [5, 5.41) is 3.12. The predicted molar refractivity (Wildman–Crippen MR) is 59.5 cm³/mol. The summed E-state index contributed by atoms with van der Waals surface area (Å²) in [7, 11) is 1.65. The van der Waals surface area contributed by atoms with Gasteiger partial charge in [0.2, 0.25) is 0 Å². The second-order valence-electron chi connectivity index (χ2n) is 2.63. The van der Waals surface area contributed by atoms with E-state index < -0.39 is 0 Å². The van der Waals surface area contributed by atoms with E-state index in [9.17, 15) is 0 Å². The Morgan fingerprint density at radius 1 is 1.38 bits per heavy atom. The molecule has 0 atom stereocenters. The standard InChI is InChI=1S/C10H13NOS/c1-3-10(13)11-8-4-6-9(12-2)7-5-8/h4-7H,3H2,1-2H3,(H,11,13). The number of ether oxygens (including phenoxy) is 1. The molecule has 0 aliphatic carbocycles. The van der Waals surface area contributed by atoms with Gasteiger partial charge in [0, 0.05) is 5.69 Å². The van der Waals surface area contributed by atoms with Gasteiger partial charge in [-0.15, -0.1) is 0 Å². The summed E-state index contributed by atoms with van der Waals surface area (Å²) in [4.78, 5) is 0.852. The second kappa shape index (κ2) is 4.82. The molecule has 0 bridgehead atoms. The first-order valence-electron chi connectivity index (χ1n) is 4.20. The minimum absolute atomic E-state index is 0.852. The van der Waals surface area contributed by atoms with Gasteiger partial charge in [0.25, 0.3) is 0 Å². The molecule has 0 radical (unpaired) electrons. The molecule has 0 fully saturated rings. The van der Waals surface area contributed by atoms with E-state index in [0.29, 0.717) is 0 Å². The topological polar surface area (TPSA) is 21.3 Å². The molecule has 0 aromatic heterocycles. The highest BCUT2D eigenvalue weighted by molar-refractivity contribution is 7.80. The van der Waals surface area contributed by atoms with Crippen molar-refractivity contribution in [3.63, 3.8) is 0 Å². The number of hydrogen-bond acceptors (Lipinski definition) is 2. The molecule has 0 aliphatic rings. The van der Waals surface area contributed by atoms with E-state index in [1.165, 1.54) is 0 Å². The third-order valence-electron chi connectivity index (χ3n) is 1.69. The Kier molecular flexibility index (Phi) is 3.71. The molecule has 70 valence electrons. The Labute approximate surface area is 83.9 Å². The van der Waals surface area contributed by atoms with Gasteiger partial charge < -0.3 is 10.1 Å². The van der Waals surface area contributed by atoms with Gasteiger partial charge in [0.1, 0.15) is 5.75 Å². The fourth-order valence-corrected chi connectivity index (χ4v) is 1.04. The highest BCUT2D eigenvalue weighted by Crippen LogP contribution is 2.15. The van der Waals surface area contributed by atoms with Crippen molar-refractivity contribution in [3.8, 4) is 5.75 Å². The number of nitrogens with one attached hydrogen (secondary N) is 1. The lowest BCUT2D eigenvalue weighted by Gasteiger charge is -2.06. The summed E-state index contributed by atoms with van der Waals surface area (Å²) in [5.41, 5.74) is 1.01. The van der Waals surface area contributed by atoms with Crippen LogP contribution in [0.1, 0.15) is 13.3 Å².